The van der Waals surface area contributed by atoms with Crippen molar-refractivity contribution in [3.05, 3.63) is 62.4 Å². The molecule has 0 aromatic heterocycles. The molecule has 0 N–H and O–H groups in total. The first-order valence-corrected chi connectivity index (χ1v) is 6.17. The van der Waals surface area contributed by atoms with Gasteiger partial charge in [0.1, 0.15) is 11.5 Å². The van der Waals surface area contributed by atoms with Gasteiger partial charge in [-0.1, -0.05) is 15.9 Å². The number of halogens is 2. The number of nitro benzene ring substituents is 1. The summed E-state index contributed by atoms with van der Waals surface area (Å²) >= 11 is 3.21. The molecule has 0 aliphatic rings. The molecule has 0 saturated heterocycles. The molecule has 0 unspecified atom stereocenters. The number of hydrogen-bond acceptors (Lipinski definition) is 4. The van der Waals surface area contributed by atoms with Crippen LogP contribution < -0.4 is 4.74 Å². The zero-order chi connectivity index (χ0) is 14.7. The molecular weight excluding hydrogens is 333 g/mol. The van der Waals surface area contributed by atoms with Crippen molar-refractivity contribution in [2.75, 3.05) is 0 Å². The highest BCUT2D eigenvalue weighted by Gasteiger charge is 2.15. The van der Waals surface area contributed by atoms with E-state index in [-0.39, 0.29) is 17.1 Å². The van der Waals surface area contributed by atoms with Crippen molar-refractivity contribution in [1.82, 2.24) is 0 Å². The molecule has 7 heteroatoms. The summed E-state index contributed by atoms with van der Waals surface area (Å²) in [5.74, 6) is -0.702. The third-order valence-electron chi connectivity index (χ3n) is 2.44. The van der Waals surface area contributed by atoms with E-state index in [4.69, 9.17) is 4.74 Å². The first-order valence-electron chi connectivity index (χ1n) is 5.38. The number of ether oxygens (including phenoxy) is 1. The molecule has 0 heterocycles. The van der Waals surface area contributed by atoms with Gasteiger partial charge in [-0.25, -0.2) is 0 Å². The molecule has 0 radical (unpaired) electrons. The topological polar surface area (TPSA) is 69.4 Å². The van der Waals surface area contributed by atoms with E-state index >= 15 is 0 Å². The van der Waals surface area contributed by atoms with Gasteiger partial charge in [-0.3, -0.25) is 14.9 Å². The Morgan fingerprint density at radius 3 is 2.60 bits per heavy atom. The summed E-state index contributed by atoms with van der Waals surface area (Å²) in [6.07, 6.45) is 0.599. The van der Waals surface area contributed by atoms with E-state index < -0.39 is 16.4 Å². The van der Waals surface area contributed by atoms with Crippen molar-refractivity contribution < 1.29 is 18.8 Å². The second kappa shape index (κ2) is 5.79. The highest BCUT2D eigenvalue weighted by molar-refractivity contribution is 9.10. The van der Waals surface area contributed by atoms with Crippen LogP contribution in [0.2, 0.25) is 0 Å². The van der Waals surface area contributed by atoms with Gasteiger partial charge in [-0.15, -0.1) is 0 Å². The van der Waals surface area contributed by atoms with Crippen molar-refractivity contribution in [1.29, 1.82) is 0 Å². The standard InChI is InChI=1S/C13H7BrFNO4/c14-9-1-4-13(8(5-9)7-17)20-10-2-3-12(16(18)19)11(15)6-10/h1-7H. The summed E-state index contributed by atoms with van der Waals surface area (Å²) in [4.78, 5) is 20.6. The molecule has 0 amide bonds. The van der Waals surface area contributed by atoms with Crippen LogP contribution in [-0.2, 0) is 0 Å². The number of benzene rings is 2. The van der Waals surface area contributed by atoms with Crippen LogP contribution in [0.1, 0.15) is 10.4 Å². The van der Waals surface area contributed by atoms with Crippen molar-refractivity contribution in [3.63, 3.8) is 0 Å². The summed E-state index contributed by atoms with van der Waals surface area (Å²) < 4.78 is 19.5. The fraction of sp³-hybridized carbons (Fsp3) is 0. The molecule has 0 aliphatic carbocycles. The Bertz CT molecular complexity index is 690. The highest BCUT2D eigenvalue weighted by atomic mass is 79.9. The number of nitrogens with zero attached hydrogens (tertiary/aromatic N) is 1. The Morgan fingerprint density at radius 1 is 1.25 bits per heavy atom. The maximum atomic E-state index is 13.5. The fourth-order valence-electron chi connectivity index (χ4n) is 1.53. The van der Waals surface area contributed by atoms with Crippen LogP contribution in [0, 0.1) is 15.9 Å². The number of aldehydes is 1. The molecule has 0 spiro atoms. The Morgan fingerprint density at radius 2 is 2.00 bits per heavy atom. The lowest BCUT2D eigenvalue weighted by molar-refractivity contribution is -0.387. The first kappa shape index (κ1) is 14.1. The normalized spacial score (nSPS) is 10.1. The van der Waals surface area contributed by atoms with Gasteiger partial charge in [0.25, 0.3) is 0 Å². The van der Waals surface area contributed by atoms with E-state index in [1.54, 1.807) is 12.1 Å². The summed E-state index contributed by atoms with van der Waals surface area (Å²) in [6.45, 7) is 0. The molecule has 0 saturated carbocycles. The molecule has 2 aromatic carbocycles. The van der Waals surface area contributed by atoms with Gasteiger partial charge in [0.2, 0.25) is 5.82 Å². The summed E-state index contributed by atoms with van der Waals surface area (Å²) in [5.41, 5.74) is -0.359. The summed E-state index contributed by atoms with van der Waals surface area (Å²) in [7, 11) is 0. The molecule has 0 bridgehead atoms. The lowest BCUT2D eigenvalue weighted by Crippen LogP contribution is -1.94. The highest BCUT2D eigenvalue weighted by Crippen LogP contribution is 2.29. The molecule has 0 aliphatic heterocycles. The molecule has 0 fully saturated rings. The van der Waals surface area contributed by atoms with Gasteiger partial charge in [0.05, 0.1) is 10.5 Å². The minimum absolute atomic E-state index is 0.0681. The van der Waals surface area contributed by atoms with E-state index in [2.05, 4.69) is 15.9 Å². The Hall–Kier alpha value is -2.28. The summed E-state index contributed by atoms with van der Waals surface area (Å²) in [6, 6.07) is 7.90. The van der Waals surface area contributed by atoms with Crippen molar-refractivity contribution in [3.8, 4) is 11.5 Å². The Kier molecular flexibility index (Phi) is 4.09. The minimum Gasteiger partial charge on any atom is -0.457 e. The van der Waals surface area contributed by atoms with E-state index in [1.165, 1.54) is 12.1 Å². The SMILES string of the molecule is O=Cc1cc(Br)ccc1Oc1ccc([N+](=O)[O-])c(F)c1. The van der Waals surface area contributed by atoms with Crippen LogP contribution in [0.3, 0.4) is 0 Å². The molecule has 102 valence electrons. The maximum absolute atomic E-state index is 13.5. The van der Waals surface area contributed by atoms with Crippen LogP contribution in [0.4, 0.5) is 10.1 Å². The van der Waals surface area contributed by atoms with Gasteiger partial charge in [-0.05, 0) is 24.3 Å². The van der Waals surface area contributed by atoms with Gasteiger partial charge < -0.3 is 4.74 Å². The second-order valence-corrected chi connectivity index (χ2v) is 4.69. The number of carbonyl (C=O) groups excluding carboxylic acids is 1. The van der Waals surface area contributed by atoms with Gasteiger partial charge in [0, 0.05) is 16.6 Å². The van der Waals surface area contributed by atoms with Crippen LogP contribution in [0.5, 0.6) is 11.5 Å². The largest absolute Gasteiger partial charge is 0.457 e. The average molecular weight is 340 g/mol. The predicted molar refractivity (Wildman–Crippen MR) is 72.7 cm³/mol. The van der Waals surface area contributed by atoms with Crippen LogP contribution in [0.25, 0.3) is 0 Å². The predicted octanol–water partition coefficient (Wildman–Crippen LogP) is 4.10. The molecule has 0 atom stereocenters. The zero-order valence-corrected chi connectivity index (χ0v) is 11.5. The van der Waals surface area contributed by atoms with Crippen molar-refractivity contribution in [2.45, 2.75) is 0 Å². The zero-order valence-electron chi connectivity index (χ0n) is 9.88. The third-order valence-corrected chi connectivity index (χ3v) is 2.94. The van der Waals surface area contributed by atoms with Crippen LogP contribution >= 0.6 is 15.9 Å². The minimum atomic E-state index is -1.00. The number of carbonyl (C=O) groups is 1. The van der Waals surface area contributed by atoms with E-state index in [0.29, 0.717) is 10.8 Å². The average Bonchev–Trinajstić information content (AvgIpc) is 2.40. The lowest BCUT2D eigenvalue weighted by atomic mass is 10.2. The quantitative estimate of drug-likeness (QED) is 0.477. The van der Waals surface area contributed by atoms with E-state index in [1.807, 2.05) is 0 Å². The molecule has 5 nitrogen and oxygen atoms in total. The first-order chi connectivity index (χ1) is 9.51. The van der Waals surface area contributed by atoms with Crippen molar-refractivity contribution >= 4 is 27.9 Å². The molecule has 20 heavy (non-hydrogen) atoms. The fourth-order valence-corrected chi connectivity index (χ4v) is 1.91. The van der Waals surface area contributed by atoms with E-state index in [9.17, 15) is 19.3 Å². The second-order valence-electron chi connectivity index (χ2n) is 3.77. The number of rotatable bonds is 4. The lowest BCUT2D eigenvalue weighted by Gasteiger charge is -2.08. The monoisotopic (exact) mass is 339 g/mol. The van der Waals surface area contributed by atoms with Crippen LogP contribution in [-0.4, -0.2) is 11.2 Å². The van der Waals surface area contributed by atoms with Gasteiger partial charge in [0.15, 0.2) is 6.29 Å². The summed E-state index contributed by atoms with van der Waals surface area (Å²) in [5, 5.41) is 10.5. The molecule has 2 aromatic rings. The third kappa shape index (κ3) is 3.00. The van der Waals surface area contributed by atoms with Gasteiger partial charge in [-0.2, -0.15) is 4.39 Å². The number of hydrogen-bond donors (Lipinski definition) is 0. The maximum Gasteiger partial charge on any atom is 0.305 e. The van der Waals surface area contributed by atoms with E-state index in [0.717, 1.165) is 12.1 Å². The number of nitro groups is 1. The van der Waals surface area contributed by atoms with Gasteiger partial charge >= 0.3 is 5.69 Å². The molecular formula is C13H7BrFNO4. The Balaban J connectivity index is 2.33. The Labute approximate surface area is 121 Å². The van der Waals surface area contributed by atoms with Crippen LogP contribution in [0.15, 0.2) is 40.9 Å². The van der Waals surface area contributed by atoms with Crippen molar-refractivity contribution in [2.24, 2.45) is 0 Å². The molecule has 2 rings (SSSR count). The smallest absolute Gasteiger partial charge is 0.305 e.